The van der Waals surface area contributed by atoms with Crippen molar-refractivity contribution in [3.8, 4) is 0 Å². The van der Waals surface area contributed by atoms with Crippen molar-refractivity contribution in [2.24, 2.45) is 4.99 Å². The molecule has 0 amide bonds. The molecule has 0 N–H and O–H groups in total. The van der Waals surface area contributed by atoms with Gasteiger partial charge in [0.15, 0.2) is 7.85 Å². The second-order valence-corrected chi connectivity index (χ2v) is 2.07. The molecule has 0 saturated carbocycles. The average Bonchev–Trinajstić information content (AvgIpc) is 1.88. The second kappa shape index (κ2) is 4.86. The molecule has 3 heteroatoms. The summed E-state index contributed by atoms with van der Waals surface area (Å²) in [6.45, 7) is 7.27. The zero-order chi connectivity index (χ0) is 7.98. The van der Waals surface area contributed by atoms with Crippen LogP contribution in [0.15, 0.2) is 42.0 Å². The summed E-state index contributed by atoms with van der Waals surface area (Å²) >= 11 is 0. The van der Waals surface area contributed by atoms with Gasteiger partial charge in [-0.05, 0) is 11.7 Å². The Hall–Kier alpha value is -0.980. The quantitative estimate of drug-likeness (QED) is 0.287. The lowest BCUT2D eigenvalue weighted by molar-refractivity contribution is 1.58. The SMILES string of the molecule is BC(=C)/C(B)=N\C=C/C=C. The van der Waals surface area contributed by atoms with Crippen LogP contribution in [0.4, 0.5) is 0 Å². The summed E-state index contributed by atoms with van der Waals surface area (Å²) in [5, 5.41) is 0. The Morgan fingerprint density at radius 2 is 2.00 bits per heavy atom. The van der Waals surface area contributed by atoms with Crippen LogP contribution in [0.3, 0.4) is 0 Å². The van der Waals surface area contributed by atoms with E-state index in [0.29, 0.717) is 0 Å². The fourth-order valence-corrected chi connectivity index (χ4v) is 0.326. The number of allylic oxidation sites excluding steroid dienone is 3. The summed E-state index contributed by atoms with van der Waals surface area (Å²) in [5.74, 6) is 0. The van der Waals surface area contributed by atoms with Crippen molar-refractivity contribution in [1.29, 1.82) is 0 Å². The highest BCUT2D eigenvalue weighted by molar-refractivity contribution is 6.70. The standard InChI is InChI=1S/C7H11B2N/c1-3-4-5-10-7(9)6(2)8/h3-5H,1-2,8-9H2/b5-4-,10-7+. The molecule has 0 aliphatic rings. The zero-order valence-corrected chi connectivity index (χ0v) is 6.59. The van der Waals surface area contributed by atoms with Crippen LogP contribution in [0.2, 0.25) is 0 Å². The molecule has 10 heavy (non-hydrogen) atoms. The van der Waals surface area contributed by atoms with Gasteiger partial charge < -0.3 is 0 Å². The van der Waals surface area contributed by atoms with E-state index < -0.39 is 0 Å². The van der Waals surface area contributed by atoms with Gasteiger partial charge in [-0.15, -0.1) is 6.58 Å². The predicted octanol–water partition coefficient (Wildman–Crippen LogP) is -0.136. The summed E-state index contributed by atoms with van der Waals surface area (Å²) in [5.41, 5.74) is 1.95. The molecule has 0 heterocycles. The van der Waals surface area contributed by atoms with Crippen molar-refractivity contribution in [2.75, 3.05) is 0 Å². The van der Waals surface area contributed by atoms with Gasteiger partial charge in [0.2, 0.25) is 0 Å². The fourth-order valence-electron chi connectivity index (χ4n) is 0.326. The Kier molecular flexibility index (Phi) is 4.38. The third kappa shape index (κ3) is 3.96. The van der Waals surface area contributed by atoms with Crippen molar-refractivity contribution in [1.82, 2.24) is 0 Å². The van der Waals surface area contributed by atoms with Gasteiger partial charge in [-0.1, -0.05) is 18.1 Å². The van der Waals surface area contributed by atoms with E-state index in [2.05, 4.69) is 18.2 Å². The minimum absolute atomic E-state index is 0.957. The summed E-state index contributed by atoms with van der Waals surface area (Å²) in [6, 6.07) is 0. The van der Waals surface area contributed by atoms with Gasteiger partial charge in [0, 0.05) is 6.20 Å². The largest absolute Gasteiger partial charge is 0.273 e. The third-order valence-electron chi connectivity index (χ3n) is 1.11. The van der Waals surface area contributed by atoms with Crippen LogP contribution in [0.1, 0.15) is 0 Å². The molecule has 1 nitrogen and oxygen atoms in total. The van der Waals surface area contributed by atoms with E-state index in [1.807, 2.05) is 15.7 Å². The first kappa shape index (κ1) is 9.02. The van der Waals surface area contributed by atoms with Gasteiger partial charge >= 0.3 is 0 Å². The molecule has 0 bridgehead atoms. The average molecular weight is 131 g/mol. The maximum atomic E-state index is 4.08. The van der Waals surface area contributed by atoms with Crippen LogP contribution in [-0.2, 0) is 0 Å². The number of hydrogen-bond donors (Lipinski definition) is 0. The topological polar surface area (TPSA) is 12.4 Å². The second-order valence-electron chi connectivity index (χ2n) is 2.07. The highest BCUT2D eigenvalue weighted by Gasteiger charge is 1.85. The van der Waals surface area contributed by atoms with Gasteiger partial charge in [0.05, 0.1) is 0 Å². The molecule has 0 fully saturated rings. The lowest BCUT2D eigenvalue weighted by Crippen LogP contribution is -1.99. The Bertz CT molecular complexity index is 192. The number of hydrogen-bond acceptors (Lipinski definition) is 1. The third-order valence-corrected chi connectivity index (χ3v) is 1.11. The molecule has 0 saturated heterocycles. The molecule has 0 atom stereocenters. The Balaban J connectivity index is 4.04. The van der Waals surface area contributed by atoms with E-state index in [-0.39, 0.29) is 0 Å². The van der Waals surface area contributed by atoms with Gasteiger partial charge in [-0.3, -0.25) is 4.99 Å². The van der Waals surface area contributed by atoms with Crippen molar-refractivity contribution in [3.63, 3.8) is 0 Å². The van der Waals surface area contributed by atoms with Crippen LogP contribution < -0.4 is 0 Å². The van der Waals surface area contributed by atoms with Gasteiger partial charge in [0.25, 0.3) is 0 Å². The molecule has 0 radical (unpaired) electrons. The van der Waals surface area contributed by atoms with Crippen molar-refractivity contribution in [3.05, 3.63) is 37.0 Å². The number of aliphatic imine (C=N–C) groups is 1. The monoisotopic (exact) mass is 131 g/mol. The minimum atomic E-state index is 0.957. The summed E-state index contributed by atoms with van der Waals surface area (Å²) in [7, 11) is 3.86. The van der Waals surface area contributed by atoms with E-state index in [1.165, 1.54) is 0 Å². The number of rotatable bonds is 3. The Morgan fingerprint density at radius 1 is 1.40 bits per heavy atom. The molecule has 0 aliphatic carbocycles. The molecule has 0 aromatic rings. The Morgan fingerprint density at radius 3 is 2.40 bits per heavy atom. The molecular weight excluding hydrogens is 120 g/mol. The molecule has 0 aromatic carbocycles. The van der Waals surface area contributed by atoms with Crippen LogP contribution >= 0.6 is 0 Å². The lowest BCUT2D eigenvalue weighted by atomic mass is 9.82. The van der Waals surface area contributed by atoms with E-state index in [9.17, 15) is 0 Å². The maximum absolute atomic E-state index is 4.08. The van der Waals surface area contributed by atoms with Crippen LogP contribution in [0, 0.1) is 0 Å². The summed E-state index contributed by atoms with van der Waals surface area (Å²) in [4.78, 5) is 4.08. The van der Waals surface area contributed by atoms with Crippen LogP contribution in [-0.4, -0.2) is 21.3 Å². The van der Waals surface area contributed by atoms with E-state index in [1.54, 1.807) is 18.4 Å². The summed E-state index contributed by atoms with van der Waals surface area (Å²) in [6.07, 6.45) is 5.18. The first-order valence-electron chi connectivity index (χ1n) is 3.16. The molecule has 0 aliphatic heterocycles. The first-order valence-corrected chi connectivity index (χ1v) is 3.16. The molecule has 0 unspecified atom stereocenters. The molecule has 0 spiro atoms. The van der Waals surface area contributed by atoms with Crippen LogP contribution in [0.25, 0.3) is 0 Å². The smallest absolute Gasteiger partial charge is 0.163 e. The fraction of sp³-hybridized carbons (Fsp3) is 0. The van der Waals surface area contributed by atoms with Gasteiger partial charge in [0.1, 0.15) is 7.85 Å². The molecular formula is C7H11B2N. The Labute approximate surface area is 64.1 Å². The maximum Gasteiger partial charge on any atom is 0.163 e. The van der Waals surface area contributed by atoms with E-state index >= 15 is 0 Å². The summed E-state index contributed by atoms with van der Waals surface area (Å²) < 4.78 is 0. The van der Waals surface area contributed by atoms with E-state index in [4.69, 9.17) is 0 Å². The molecule has 50 valence electrons. The lowest BCUT2D eigenvalue weighted by Gasteiger charge is -1.92. The van der Waals surface area contributed by atoms with E-state index in [0.717, 1.165) is 11.1 Å². The zero-order valence-electron chi connectivity index (χ0n) is 6.59. The predicted molar refractivity (Wildman–Crippen MR) is 53.0 cm³/mol. The van der Waals surface area contributed by atoms with Gasteiger partial charge in [-0.2, -0.15) is 0 Å². The van der Waals surface area contributed by atoms with Crippen molar-refractivity contribution in [2.45, 2.75) is 0 Å². The number of nitrogens with zero attached hydrogens (tertiary/aromatic N) is 1. The van der Waals surface area contributed by atoms with Crippen LogP contribution in [0.5, 0.6) is 0 Å². The highest BCUT2D eigenvalue weighted by atomic mass is 14.7. The van der Waals surface area contributed by atoms with Crippen molar-refractivity contribution < 1.29 is 0 Å². The highest BCUT2D eigenvalue weighted by Crippen LogP contribution is 1.85. The van der Waals surface area contributed by atoms with Crippen molar-refractivity contribution >= 4 is 21.3 Å². The first-order chi connectivity index (χ1) is 4.68. The minimum Gasteiger partial charge on any atom is -0.273 e. The normalized spacial score (nSPS) is 11.8. The molecule has 0 aromatic heterocycles. The van der Waals surface area contributed by atoms with Gasteiger partial charge in [-0.25, -0.2) is 0 Å². The molecule has 0 rings (SSSR count).